The Morgan fingerprint density at radius 3 is 1.77 bits per heavy atom. The number of aliphatic hydroxyl groups excluding tert-OH is 1. The molecule has 0 aliphatic carbocycles. The smallest absolute Gasteiger partial charge is 0.243 e. The first-order chi connectivity index (χ1) is 32.9. The molecule has 3 N–H and O–H groups in total. The molecule has 0 radical (unpaired) electrons. The molecule has 0 spiro atoms. The number of benzene rings is 2. The molecule has 0 saturated carbocycles. The molecular formula is C51H60N8O10. The summed E-state index contributed by atoms with van der Waals surface area (Å²) in [5.41, 5.74) is 5.34. The van der Waals surface area contributed by atoms with Crippen molar-refractivity contribution in [2.45, 2.75) is 124 Å². The molecule has 2 saturated heterocycles. The number of amides is 4. The summed E-state index contributed by atoms with van der Waals surface area (Å²) >= 11 is 0. The van der Waals surface area contributed by atoms with Crippen molar-refractivity contribution >= 4 is 23.6 Å². The Labute approximate surface area is 400 Å². The first kappa shape index (κ1) is 48.5. The average molecular weight is 945 g/mol. The molecule has 2 aliphatic rings. The minimum atomic E-state index is -0.907. The fraction of sp³-hybridized carbons (Fsp3) is 0.451. The number of aryl methyl sites for hydroxylation is 3. The number of ether oxygens (including phenoxy) is 1. The Morgan fingerprint density at radius 1 is 0.739 bits per heavy atom. The maximum Gasteiger partial charge on any atom is 0.243 e. The fourth-order valence-corrected chi connectivity index (χ4v) is 9.30. The van der Waals surface area contributed by atoms with E-state index in [1.807, 2.05) is 97.0 Å². The maximum atomic E-state index is 14.5. The van der Waals surface area contributed by atoms with Crippen LogP contribution in [0.2, 0.25) is 0 Å². The van der Waals surface area contributed by atoms with Gasteiger partial charge in [0.25, 0.3) is 0 Å². The van der Waals surface area contributed by atoms with Crippen molar-refractivity contribution < 1.29 is 46.9 Å². The molecule has 6 aromatic rings. The SMILES string of the molecule is Cc1cc([C@H](C(=O)N2C[C@H](OCc3cc([C@H](C(=O)N4C[C@H](O)C[C@H]4C(=O)NCc4ccc(-c5ocnc5C)cc4)C(C)(C)C)on3)C[C@H]2C(=O)NCc2ccc(-c3ocnc3C)cc2)C(C)C)on1. The maximum absolute atomic E-state index is 14.5. The van der Waals surface area contributed by atoms with Crippen molar-refractivity contribution in [2.75, 3.05) is 13.1 Å². The third-order valence-corrected chi connectivity index (χ3v) is 12.9. The molecule has 18 heteroatoms. The zero-order valence-corrected chi connectivity index (χ0v) is 40.2. The quantitative estimate of drug-likeness (QED) is 0.0935. The van der Waals surface area contributed by atoms with E-state index in [0.717, 1.165) is 33.6 Å². The van der Waals surface area contributed by atoms with Gasteiger partial charge in [-0.15, -0.1) is 0 Å². The minimum Gasteiger partial charge on any atom is -0.443 e. The first-order valence-corrected chi connectivity index (χ1v) is 23.3. The van der Waals surface area contributed by atoms with Crippen molar-refractivity contribution in [1.82, 2.24) is 40.7 Å². The second-order valence-electron chi connectivity index (χ2n) is 19.5. The summed E-state index contributed by atoms with van der Waals surface area (Å²) in [6, 6.07) is 16.8. The minimum absolute atomic E-state index is 0.0200. The monoisotopic (exact) mass is 944 g/mol. The van der Waals surface area contributed by atoms with Gasteiger partial charge in [-0.1, -0.05) is 93.5 Å². The molecule has 364 valence electrons. The lowest BCUT2D eigenvalue weighted by Gasteiger charge is -2.33. The van der Waals surface area contributed by atoms with Gasteiger partial charge in [0.1, 0.15) is 41.1 Å². The van der Waals surface area contributed by atoms with Gasteiger partial charge < -0.3 is 48.2 Å². The Kier molecular flexibility index (Phi) is 14.3. The van der Waals surface area contributed by atoms with Gasteiger partial charge in [-0.05, 0) is 43.2 Å². The number of nitrogens with one attached hydrogen (secondary N) is 2. The van der Waals surface area contributed by atoms with E-state index in [1.165, 1.54) is 17.7 Å². The number of carbonyl (C=O) groups excluding carboxylic acids is 4. The number of β-amino-alcohol motifs (C(OH)–C–C–N with tert-alkyl or cyclic N) is 1. The van der Waals surface area contributed by atoms with E-state index in [0.29, 0.717) is 28.7 Å². The molecule has 18 nitrogen and oxygen atoms in total. The van der Waals surface area contributed by atoms with Gasteiger partial charge >= 0.3 is 0 Å². The Bertz CT molecular complexity index is 2750. The summed E-state index contributed by atoms with van der Waals surface area (Å²) < 4.78 is 28.8. The molecule has 2 aliphatic heterocycles. The highest BCUT2D eigenvalue weighted by molar-refractivity contribution is 5.92. The molecule has 0 unspecified atom stereocenters. The predicted molar refractivity (Wildman–Crippen MR) is 249 cm³/mol. The van der Waals surface area contributed by atoms with Gasteiger partial charge in [-0.2, -0.15) is 0 Å². The second-order valence-corrected chi connectivity index (χ2v) is 19.5. The van der Waals surface area contributed by atoms with Crippen LogP contribution < -0.4 is 10.6 Å². The molecule has 4 aromatic heterocycles. The third-order valence-electron chi connectivity index (χ3n) is 12.9. The highest BCUT2D eigenvalue weighted by atomic mass is 16.5. The first-order valence-electron chi connectivity index (χ1n) is 23.3. The second kappa shape index (κ2) is 20.4. The van der Waals surface area contributed by atoms with E-state index in [4.69, 9.17) is 22.6 Å². The van der Waals surface area contributed by atoms with Crippen LogP contribution in [-0.4, -0.2) is 96.2 Å². The number of hydrogen-bond donors (Lipinski definition) is 3. The molecule has 2 aromatic carbocycles. The van der Waals surface area contributed by atoms with Gasteiger partial charge in [0, 0.05) is 62.3 Å². The molecule has 0 bridgehead atoms. The molecule has 4 amide bonds. The van der Waals surface area contributed by atoms with Crippen LogP contribution in [0.25, 0.3) is 22.6 Å². The normalized spacial score (nSPS) is 19.3. The predicted octanol–water partition coefficient (Wildman–Crippen LogP) is 6.55. The number of oxazole rings is 2. The van der Waals surface area contributed by atoms with E-state index in [2.05, 4.69) is 30.9 Å². The lowest BCUT2D eigenvalue weighted by atomic mass is 9.78. The van der Waals surface area contributed by atoms with E-state index in [9.17, 15) is 24.3 Å². The van der Waals surface area contributed by atoms with E-state index < -0.39 is 41.5 Å². The van der Waals surface area contributed by atoms with Crippen molar-refractivity contribution in [1.29, 1.82) is 0 Å². The largest absolute Gasteiger partial charge is 0.443 e. The Hall–Kier alpha value is -6.92. The molecular weight excluding hydrogens is 885 g/mol. The standard InChI is InChI=1S/C51H60N8O10/c1-28(2)43(41-17-29(3)56-68-41)49(63)59-24-38(20-40(59)48(62)53-22-33-11-15-35(16-12-33)46-31(5)55-27-67-46)65-25-36-18-42(69-57-36)44(51(6,7)8)50(64)58-23-37(60)19-39(58)47(61)52-21-32-9-13-34(14-10-32)45-30(4)54-26-66-45/h9-18,26-28,37-40,43-44,60H,19-25H2,1-8H3,(H,52,61)(H,53,62)/t37-,38-,39+,40+,43-,44-/m1/s1. The van der Waals surface area contributed by atoms with Crippen LogP contribution in [0.4, 0.5) is 0 Å². The summed E-state index contributed by atoms with van der Waals surface area (Å²) in [4.78, 5) is 68.0. The van der Waals surface area contributed by atoms with Crippen LogP contribution in [-0.2, 0) is 43.6 Å². The molecule has 6 atom stereocenters. The average Bonchev–Trinajstić information content (AvgIpc) is 4.19. The van der Waals surface area contributed by atoms with Crippen molar-refractivity contribution in [2.24, 2.45) is 11.3 Å². The van der Waals surface area contributed by atoms with Gasteiger partial charge in [0.05, 0.1) is 35.9 Å². The summed E-state index contributed by atoms with van der Waals surface area (Å²) in [6.07, 6.45) is 1.65. The van der Waals surface area contributed by atoms with Crippen molar-refractivity contribution in [3.63, 3.8) is 0 Å². The van der Waals surface area contributed by atoms with Gasteiger partial charge in [0.2, 0.25) is 23.6 Å². The number of nitrogens with zero attached hydrogens (tertiary/aromatic N) is 6. The van der Waals surface area contributed by atoms with E-state index >= 15 is 0 Å². The number of likely N-dealkylation sites (tertiary alicyclic amines) is 2. The Morgan fingerprint density at radius 2 is 1.28 bits per heavy atom. The van der Waals surface area contributed by atoms with Crippen LogP contribution in [0.1, 0.15) is 105 Å². The number of carbonyl (C=O) groups is 4. The zero-order chi connectivity index (χ0) is 49.1. The molecule has 69 heavy (non-hydrogen) atoms. The zero-order valence-electron chi connectivity index (χ0n) is 40.2. The van der Waals surface area contributed by atoms with Crippen LogP contribution in [0.15, 0.2) is 91.3 Å². The fourth-order valence-electron chi connectivity index (χ4n) is 9.30. The van der Waals surface area contributed by atoms with Gasteiger partial charge in [-0.3, -0.25) is 19.2 Å². The van der Waals surface area contributed by atoms with Crippen LogP contribution in [0.3, 0.4) is 0 Å². The highest BCUT2D eigenvalue weighted by Gasteiger charge is 2.47. The summed E-state index contributed by atoms with van der Waals surface area (Å²) in [6.45, 7) is 15.6. The number of aliphatic hydroxyl groups is 1. The van der Waals surface area contributed by atoms with Crippen molar-refractivity contribution in [3.05, 3.63) is 119 Å². The third kappa shape index (κ3) is 10.9. The number of aromatic nitrogens is 4. The number of rotatable bonds is 16. The Balaban J connectivity index is 0.929. The molecule has 6 heterocycles. The van der Waals surface area contributed by atoms with Gasteiger partial charge in [0.15, 0.2) is 24.3 Å². The van der Waals surface area contributed by atoms with Crippen molar-refractivity contribution in [3.8, 4) is 22.6 Å². The lowest BCUT2D eigenvalue weighted by Crippen LogP contribution is -2.49. The summed E-state index contributed by atoms with van der Waals surface area (Å²) in [5.74, 6) is -1.03. The summed E-state index contributed by atoms with van der Waals surface area (Å²) in [5, 5.41) is 25.1. The van der Waals surface area contributed by atoms with E-state index in [1.54, 1.807) is 24.0 Å². The van der Waals surface area contributed by atoms with Gasteiger partial charge in [-0.25, -0.2) is 9.97 Å². The van der Waals surface area contributed by atoms with E-state index in [-0.39, 0.29) is 80.9 Å². The van der Waals surface area contributed by atoms with Crippen LogP contribution in [0, 0.1) is 32.1 Å². The topological polar surface area (TPSA) is 232 Å². The molecule has 8 rings (SSSR count). The van der Waals surface area contributed by atoms with Crippen LogP contribution in [0.5, 0.6) is 0 Å². The van der Waals surface area contributed by atoms with Crippen LogP contribution >= 0.6 is 0 Å². The highest BCUT2D eigenvalue weighted by Crippen LogP contribution is 2.39. The number of hydrogen-bond acceptors (Lipinski definition) is 14. The lowest BCUT2D eigenvalue weighted by molar-refractivity contribution is -0.142. The summed E-state index contributed by atoms with van der Waals surface area (Å²) in [7, 11) is 0. The molecule has 2 fully saturated rings.